The molecule has 32 heavy (non-hydrogen) atoms. The molecule has 0 aliphatic heterocycles. The van der Waals surface area contributed by atoms with Gasteiger partial charge in [-0.2, -0.15) is 0 Å². The number of fused-ring (bicyclic) bond motifs is 1. The molecule has 1 amide bonds. The summed E-state index contributed by atoms with van der Waals surface area (Å²) < 4.78 is 6.86. The van der Waals surface area contributed by atoms with Gasteiger partial charge in [-0.15, -0.1) is 11.3 Å². The van der Waals surface area contributed by atoms with Crippen LogP contribution in [0.25, 0.3) is 22.2 Å². The Morgan fingerprint density at radius 2 is 2.03 bits per heavy atom. The number of hydrogen-bond acceptors (Lipinski definition) is 7. The molecule has 2 aromatic carbocycles. The highest BCUT2D eigenvalue weighted by atomic mass is 32.2. The van der Waals surface area contributed by atoms with Crippen molar-refractivity contribution in [2.75, 3.05) is 12.4 Å². The van der Waals surface area contributed by atoms with E-state index >= 15 is 0 Å². The quantitative estimate of drug-likeness (QED) is 0.315. The highest BCUT2D eigenvalue weighted by Gasteiger charge is 2.20. The van der Waals surface area contributed by atoms with Gasteiger partial charge in [0.25, 0.3) is 5.56 Å². The molecule has 4 aromatic rings. The van der Waals surface area contributed by atoms with E-state index in [2.05, 4.69) is 15.3 Å². The maximum absolute atomic E-state index is 12.8. The van der Waals surface area contributed by atoms with Crippen molar-refractivity contribution < 1.29 is 9.53 Å². The number of para-hydroxylation sites is 1. The van der Waals surface area contributed by atoms with E-state index in [9.17, 15) is 9.59 Å². The fourth-order valence-electron chi connectivity index (χ4n) is 3.18. The lowest BCUT2D eigenvalue weighted by Crippen LogP contribution is -2.26. The van der Waals surface area contributed by atoms with Gasteiger partial charge >= 0.3 is 0 Å². The number of nitrogens with zero attached hydrogens (tertiary/aromatic N) is 3. The molecule has 1 atom stereocenters. The number of anilines is 1. The number of carbonyl (C=O) groups excluding carboxylic acids is 1. The summed E-state index contributed by atoms with van der Waals surface area (Å²) in [5, 5.41) is 5.90. The number of carbonyl (C=O) groups is 1. The van der Waals surface area contributed by atoms with Crippen LogP contribution in [0.5, 0.6) is 5.75 Å². The van der Waals surface area contributed by atoms with E-state index in [4.69, 9.17) is 4.74 Å². The zero-order chi connectivity index (χ0) is 22.7. The number of rotatable bonds is 7. The highest BCUT2D eigenvalue weighted by molar-refractivity contribution is 8.00. The number of amides is 1. The van der Waals surface area contributed by atoms with Gasteiger partial charge in [-0.25, -0.2) is 9.97 Å². The molecule has 0 radical (unpaired) electrons. The van der Waals surface area contributed by atoms with Gasteiger partial charge in [-0.3, -0.25) is 14.2 Å². The minimum absolute atomic E-state index is 0.101. The Kier molecular flexibility index (Phi) is 6.57. The molecule has 7 nitrogen and oxygen atoms in total. The molecular weight excluding hydrogens is 444 g/mol. The van der Waals surface area contributed by atoms with Crippen molar-refractivity contribution in [2.45, 2.75) is 30.8 Å². The Morgan fingerprint density at radius 3 is 2.81 bits per heavy atom. The second-order valence-corrected chi connectivity index (χ2v) is 9.15. The number of aromatic nitrogens is 3. The van der Waals surface area contributed by atoms with E-state index in [0.29, 0.717) is 27.7 Å². The smallest absolute Gasteiger partial charge is 0.262 e. The molecule has 0 bridgehead atoms. The Balaban J connectivity index is 1.50. The number of methoxy groups -OCH3 is 1. The van der Waals surface area contributed by atoms with Crippen LogP contribution in [-0.2, 0) is 11.3 Å². The molecule has 1 unspecified atom stereocenters. The Bertz CT molecular complexity index is 1330. The zero-order valence-corrected chi connectivity index (χ0v) is 19.5. The SMILES string of the molecule is CCn1c(SC(C)C(=O)Nc2nc(-c3cccc(OC)c3)cs2)nc2ccccc2c1=O. The van der Waals surface area contributed by atoms with E-state index in [-0.39, 0.29) is 11.5 Å². The molecule has 4 rings (SSSR count). The van der Waals surface area contributed by atoms with Crippen LogP contribution in [0.1, 0.15) is 13.8 Å². The van der Waals surface area contributed by atoms with Crippen molar-refractivity contribution in [3.8, 4) is 17.0 Å². The fraction of sp³-hybridized carbons (Fsp3) is 0.217. The van der Waals surface area contributed by atoms with Gasteiger partial charge in [0.05, 0.1) is 29.0 Å². The zero-order valence-electron chi connectivity index (χ0n) is 17.9. The topological polar surface area (TPSA) is 86.1 Å². The second kappa shape index (κ2) is 9.54. The number of thioether (sulfide) groups is 1. The summed E-state index contributed by atoms with van der Waals surface area (Å²) in [5.41, 5.74) is 2.20. The van der Waals surface area contributed by atoms with Crippen LogP contribution in [0.2, 0.25) is 0 Å². The first-order valence-corrected chi connectivity index (χ1v) is 11.8. The highest BCUT2D eigenvalue weighted by Crippen LogP contribution is 2.29. The number of thiazole rings is 1. The molecule has 0 fully saturated rings. The summed E-state index contributed by atoms with van der Waals surface area (Å²) in [5.74, 6) is 0.544. The molecule has 0 spiro atoms. The minimum atomic E-state index is -0.468. The van der Waals surface area contributed by atoms with Crippen LogP contribution in [0.4, 0.5) is 5.13 Å². The summed E-state index contributed by atoms with van der Waals surface area (Å²) >= 11 is 2.62. The van der Waals surface area contributed by atoms with E-state index in [0.717, 1.165) is 17.0 Å². The van der Waals surface area contributed by atoms with E-state index in [1.807, 2.05) is 48.7 Å². The number of hydrogen-bond donors (Lipinski definition) is 1. The molecule has 164 valence electrons. The van der Waals surface area contributed by atoms with Crippen molar-refractivity contribution >= 4 is 45.0 Å². The molecular formula is C23H22N4O3S2. The van der Waals surface area contributed by atoms with Crippen molar-refractivity contribution in [2.24, 2.45) is 0 Å². The average molecular weight is 467 g/mol. The van der Waals surface area contributed by atoms with Crippen molar-refractivity contribution in [1.82, 2.24) is 14.5 Å². The van der Waals surface area contributed by atoms with E-state index in [1.54, 1.807) is 30.7 Å². The molecule has 0 aliphatic rings. The molecule has 2 heterocycles. The maximum Gasteiger partial charge on any atom is 0.262 e. The fourth-order valence-corrected chi connectivity index (χ4v) is 4.88. The Morgan fingerprint density at radius 1 is 1.22 bits per heavy atom. The summed E-state index contributed by atoms with van der Waals surface area (Å²) in [4.78, 5) is 34.8. The molecule has 2 aromatic heterocycles. The third kappa shape index (κ3) is 4.53. The lowest BCUT2D eigenvalue weighted by molar-refractivity contribution is -0.115. The summed E-state index contributed by atoms with van der Waals surface area (Å²) in [6, 6.07) is 14.8. The van der Waals surface area contributed by atoms with Crippen LogP contribution in [0.15, 0.2) is 63.9 Å². The molecule has 0 aliphatic carbocycles. The maximum atomic E-state index is 12.8. The van der Waals surface area contributed by atoms with Crippen LogP contribution in [0, 0.1) is 0 Å². The Hall–Kier alpha value is -3.17. The predicted octanol–water partition coefficient (Wildman–Crippen LogP) is 4.67. The van der Waals surface area contributed by atoms with Crippen LogP contribution < -0.4 is 15.6 Å². The Labute approximate surface area is 193 Å². The first-order valence-electron chi connectivity index (χ1n) is 10.1. The monoisotopic (exact) mass is 466 g/mol. The van der Waals surface area contributed by atoms with Gasteiger partial charge in [-0.05, 0) is 38.1 Å². The molecule has 9 heteroatoms. The number of nitrogens with one attached hydrogen (secondary N) is 1. The van der Waals surface area contributed by atoms with Gasteiger partial charge in [-0.1, -0.05) is 36.0 Å². The van der Waals surface area contributed by atoms with E-state index < -0.39 is 5.25 Å². The summed E-state index contributed by atoms with van der Waals surface area (Å²) in [6.07, 6.45) is 0. The molecule has 0 saturated heterocycles. The third-order valence-corrected chi connectivity index (χ3v) is 6.74. The van der Waals surface area contributed by atoms with Gasteiger partial charge in [0.2, 0.25) is 5.91 Å². The predicted molar refractivity (Wildman–Crippen MR) is 130 cm³/mol. The van der Waals surface area contributed by atoms with Gasteiger partial charge < -0.3 is 10.1 Å². The molecule has 0 saturated carbocycles. The van der Waals surface area contributed by atoms with Crippen molar-refractivity contribution in [3.05, 3.63) is 64.3 Å². The number of benzene rings is 2. The normalized spacial score (nSPS) is 12.0. The average Bonchev–Trinajstić information content (AvgIpc) is 3.28. The first-order chi connectivity index (χ1) is 15.5. The van der Waals surface area contributed by atoms with Crippen LogP contribution >= 0.6 is 23.1 Å². The third-order valence-electron chi connectivity index (χ3n) is 4.89. The number of ether oxygens (including phenoxy) is 1. The van der Waals surface area contributed by atoms with Gasteiger partial charge in [0.15, 0.2) is 10.3 Å². The first kappa shape index (κ1) is 22.0. The van der Waals surface area contributed by atoms with Crippen molar-refractivity contribution in [1.29, 1.82) is 0 Å². The van der Waals surface area contributed by atoms with Crippen molar-refractivity contribution in [3.63, 3.8) is 0 Å². The van der Waals surface area contributed by atoms with Crippen LogP contribution in [-0.4, -0.2) is 32.8 Å². The standard InChI is InChI=1S/C23H22N4O3S2/c1-4-27-21(29)17-10-5-6-11-18(17)25-23(27)32-14(2)20(28)26-22-24-19(13-31-22)15-8-7-9-16(12-15)30-3/h5-14H,4H2,1-3H3,(H,24,26,28). The second-order valence-electron chi connectivity index (χ2n) is 6.98. The largest absolute Gasteiger partial charge is 0.497 e. The van der Waals surface area contributed by atoms with Gasteiger partial charge in [0, 0.05) is 17.5 Å². The van der Waals surface area contributed by atoms with E-state index in [1.165, 1.54) is 23.1 Å². The van der Waals surface area contributed by atoms with Gasteiger partial charge in [0.1, 0.15) is 5.75 Å². The minimum Gasteiger partial charge on any atom is -0.497 e. The molecule has 1 N–H and O–H groups in total. The summed E-state index contributed by atoms with van der Waals surface area (Å²) in [6.45, 7) is 4.16. The lowest BCUT2D eigenvalue weighted by Gasteiger charge is -2.14. The van der Waals surface area contributed by atoms with Crippen LogP contribution in [0.3, 0.4) is 0 Å². The summed E-state index contributed by atoms with van der Waals surface area (Å²) in [7, 11) is 1.62. The lowest BCUT2D eigenvalue weighted by atomic mass is 10.2.